The first kappa shape index (κ1) is 8.53. The van der Waals surface area contributed by atoms with Gasteiger partial charge in [-0.1, -0.05) is 0 Å². The van der Waals surface area contributed by atoms with E-state index in [0.29, 0.717) is 24.7 Å². The number of carbonyl (C=O) groups excluding carboxylic acids is 1. The molecule has 0 radical (unpaired) electrons. The summed E-state index contributed by atoms with van der Waals surface area (Å²) < 4.78 is 10.8. The highest BCUT2D eigenvalue weighted by Crippen LogP contribution is 2.44. The normalized spacial score (nSPS) is 50.6. The number of nitrogens with one attached hydrogen (secondary N) is 1. The summed E-state index contributed by atoms with van der Waals surface area (Å²) in [6.07, 6.45) is 3.89. The molecule has 3 heterocycles. The van der Waals surface area contributed by atoms with Gasteiger partial charge in [-0.2, -0.15) is 0 Å². The van der Waals surface area contributed by atoms with E-state index in [1.807, 2.05) is 0 Å². The predicted molar refractivity (Wildman–Crippen MR) is 48.9 cm³/mol. The van der Waals surface area contributed by atoms with E-state index in [-0.39, 0.29) is 11.6 Å². The van der Waals surface area contributed by atoms with E-state index in [2.05, 4.69) is 12.2 Å². The molecule has 0 aromatic rings. The van der Waals surface area contributed by atoms with Gasteiger partial charge >= 0.3 is 6.09 Å². The second-order valence-electron chi connectivity index (χ2n) is 4.83. The van der Waals surface area contributed by atoms with Gasteiger partial charge in [0.1, 0.15) is 6.61 Å². The van der Waals surface area contributed by atoms with Crippen molar-refractivity contribution in [2.24, 2.45) is 5.92 Å². The van der Waals surface area contributed by atoms with Crippen LogP contribution in [0.2, 0.25) is 0 Å². The van der Waals surface area contributed by atoms with Gasteiger partial charge in [0, 0.05) is 5.92 Å². The first-order valence-corrected chi connectivity index (χ1v) is 5.28. The highest BCUT2D eigenvalue weighted by atomic mass is 16.6. The SMILES string of the molecule is CC1(C2CC3CCC2O3)COC(=O)N1. The number of amides is 1. The van der Waals surface area contributed by atoms with Crippen LogP contribution in [0.1, 0.15) is 26.2 Å². The Labute approximate surface area is 82.9 Å². The summed E-state index contributed by atoms with van der Waals surface area (Å²) in [4.78, 5) is 11.0. The van der Waals surface area contributed by atoms with E-state index in [4.69, 9.17) is 9.47 Å². The van der Waals surface area contributed by atoms with Crippen LogP contribution >= 0.6 is 0 Å². The van der Waals surface area contributed by atoms with Crippen LogP contribution in [0.25, 0.3) is 0 Å². The van der Waals surface area contributed by atoms with Gasteiger partial charge in [-0.25, -0.2) is 4.79 Å². The van der Waals surface area contributed by atoms with Gasteiger partial charge < -0.3 is 14.8 Å². The molecule has 1 amide bonds. The summed E-state index contributed by atoms with van der Waals surface area (Å²) in [5, 5.41) is 2.92. The number of fused-ring (bicyclic) bond motifs is 2. The number of carbonyl (C=O) groups is 1. The smallest absolute Gasteiger partial charge is 0.407 e. The topological polar surface area (TPSA) is 47.6 Å². The van der Waals surface area contributed by atoms with Gasteiger partial charge in [0.05, 0.1) is 17.7 Å². The van der Waals surface area contributed by atoms with E-state index in [1.165, 1.54) is 6.42 Å². The molecule has 0 saturated carbocycles. The van der Waals surface area contributed by atoms with Crippen molar-refractivity contribution in [2.45, 2.75) is 43.9 Å². The molecule has 78 valence electrons. The van der Waals surface area contributed by atoms with E-state index < -0.39 is 0 Å². The Morgan fingerprint density at radius 1 is 1.50 bits per heavy atom. The molecule has 3 aliphatic rings. The average Bonchev–Trinajstić information content (AvgIpc) is 2.80. The zero-order valence-corrected chi connectivity index (χ0v) is 8.29. The van der Waals surface area contributed by atoms with Crippen LogP contribution in [-0.2, 0) is 9.47 Å². The van der Waals surface area contributed by atoms with Crippen molar-refractivity contribution >= 4 is 6.09 Å². The van der Waals surface area contributed by atoms with Gasteiger partial charge in [-0.15, -0.1) is 0 Å². The summed E-state index contributed by atoms with van der Waals surface area (Å²) >= 11 is 0. The minimum absolute atomic E-state index is 0.198. The molecule has 4 unspecified atom stereocenters. The molecule has 0 aliphatic carbocycles. The lowest BCUT2D eigenvalue weighted by molar-refractivity contribution is 0.0714. The van der Waals surface area contributed by atoms with Gasteiger partial charge in [-0.3, -0.25) is 0 Å². The molecule has 1 N–H and O–H groups in total. The van der Waals surface area contributed by atoms with Crippen molar-refractivity contribution in [1.29, 1.82) is 0 Å². The van der Waals surface area contributed by atoms with Crippen LogP contribution < -0.4 is 5.32 Å². The highest BCUT2D eigenvalue weighted by molar-refractivity contribution is 5.70. The lowest BCUT2D eigenvalue weighted by Crippen LogP contribution is -2.50. The maximum Gasteiger partial charge on any atom is 0.407 e. The Hall–Kier alpha value is -0.770. The second-order valence-corrected chi connectivity index (χ2v) is 4.83. The molecule has 0 aromatic carbocycles. The lowest BCUT2D eigenvalue weighted by Gasteiger charge is -2.32. The van der Waals surface area contributed by atoms with Crippen molar-refractivity contribution in [3.8, 4) is 0 Å². The van der Waals surface area contributed by atoms with Gasteiger partial charge in [0.2, 0.25) is 0 Å². The Morgan fingerprint density at radius 3 is 2.86 bits per heavy atom. The molecular formula is C10H15NO3. The minimum atomic E-state index is -0.282. The maximum absolute atomic E-state index is 11.0. The number of hydrogen-bond donors (Lipinski definition) is 1. The standard InChI is InChI=1S/C10H15NO3/c1-10(5-13-9(12)11-10)7-4-6-2-3-8(7)14-6/h6-8H,2-5H2,1H3,(H,11,12). The van der Waals surface area contributed by atoms with Crippen LogP contribution in [0.5, 0.6) is 0 Å². The summed E-state index contributed by atoms with van der Waals surface area (Å²) in [6, 6.07) is 0. The number of hydrogen-bond acceptors (Lipinski definition) is 3. The summed E-state index contributed by atoms with van der Waals surface area (Å²) in [5.41, 5.74) is -0.198. The summed E-state index contributed by atoms with van der Waals surface area (Å²) in [6.45, 7) is 2.55. The second kappa shape index (κ2) is 2.63. The first-order chi connectivity index (χ1) is 6.67. The van der Waals surface area contributed by atoms with Crippen LogP contribution in [0, 0.1) is 5.92 Å². The molecule has 0 spiro atoms. The fourth-order valence-electron chi connectivity index (χ4n) is 3.03. The molecule has 14 heavy (non-hydrogen) atoms. The number of cyclic esters (lactones) is 1. The molecule has 4 heteroatoms. The first-order valence-electron chi connectivity index (χ1n) is 5.28. The van der Waals surface area contributed by atoms with Crippen molar-refractivity contribution in [3.63, 3.8) is 0 Å². The van der Waals surface area contributed by atoms with E-state index in [9.17, 15) is 4.79 Å². The summed E-state index contributed by atoms with van der Waals surface area (Å²) in [7, 11) is 0. The molecule has 0 aromatic heterocycles. The third-order valence-electron chi connectivity index (χ3n) is 3.82. The third kappa shape index (κ3) is 1.06. The van der Waals surface area contributed by atoms with Crippen LogP contribution in [0.4, 0.5) is 4.79 Å². The van der Waals surface area contributed by atoms with E-state index in [0.717, 1.165) is 12.8 Å². The molecule has 2 bridgehead atoms. The molecule has 4 nitrogen and oxygen atoms in total. The zero-order chi connectivity index (χ0) is 9.76. The Kier molecular flexibility index (Phi) is 1.60. The summed E-state index contributed by atoms with van der Waals surface area (Å²) in [5.74, 6) is 0.438. The van der Waals surface area contributed by atoms with Crippen LogP contribution in [0.3, 0.4) is 0 Å². The quantitative estimate of drug-likeness (QED) is 0.683. The fourth-order valence-corrected chi connectivity index (χ4v) is 3.03. The monoisotopic (exact) mass is 197 g/mol. The third-order valence-corrected chi connectivity index (χ3v) is 3.82. The molecule has 3 saturated heterocycles. The minimum Gasteiger partial charge on any atom is -0.447 e. The molecule has 3 rings (SSSR count). The number of rotatable bonds is 1. The van der Waals surface area contributed by atoms with Gasteiger partial charge in [-0.05, 0) is 26.2 Å². The average molecular weight is 197 g/mol. The molecule has 3 aliphatic heterocycles. The fraction of sp³-hybridized carbons (Fsp3) is 0.900. The zero-order valence-electron chi connectivity index (χ0n) is 8.29. The van der Waals surface area contributed by atoms with Crippen molar-refractivity contribution in [3.05, 3.63) is 0 Å². The molecule has 3 fully saturated rings. The van der Waals surface area contributed by atoms with Crippen LogP contribution in [-0.4, -0.2) is 30.4 Å². The van der Waals surface area contributed by atoms with Gasteiger partial charge in [0.15, 0.2) is 0 Å². The van der Waals surface area contributed by atoms with E-state index >= 15 is 0 Å². The number of alkyl carbamates (subject to hydrolysis) is 1. The van der Waals surface area contributed by atoms with Crippen molar-refractivity contribution in [2.75, 3.05) is 6.61 Å². The van der Waals surface area contributed by atoms with Crippen molar-refractivity contribution in [1.82, 2.24) is 5.32 Å². The lowest BCUT2D eigenvalue weighted by atomic mass is 9.76. The van der Waals surface area contributed by atoms with E-state index in [1.54, 1.807) is 0 Å². The van der Waals surface area contributed by atoms with Crippen LogP contribution in [0.15, 0.2) is 0 Å². The number of ether oxygens (including phenoxy) is 2. The Morgan fingerprint density at radius 2 is 2.36 bits per heavy atom. The Bertz CT molecular complexity index is 281. The maximum atomic E-state index is 11.0. The van der Waals surface area contributed by atoms with Crippen molar-refractivity contribution < 1.29 is 14.3 Å². The highest BCUT2D eigenvalue weighted by Gasteiger charge is 2.52. The Balaban J connectivity index is 1.79. The van der Waals surface area contributed by atoms with Gasteiger partial charge in [0.25, 0.3) is 0 Å². The predicted octanol–water partition coefficient (Wildman–Crippen LogP) is 1.05. The molecular weight excluding hydrogens is 182 g/mol. The largest absolute Gasteiger partial charge is 0.447 e. The molecule has 4 atom stereocenters.